The van der Waals surface area contributed by atoms with Crippen LogP contribution in [0.4, 0.5) is 4.79 Å². The lowest BCUT2D eigenvalue weighted by molar-refractivity contribution is 0.152. The Labute approximate surface area is 205 Å². The van der Waals surface area contributed by atoms with Crippen LogP contribution >= 0.6 is 46.4 Å². The zero-order valence-electron chi connectivity index (χ0n) is 16.3. The van der Waals surface area contributed by atoms with Gasteiger partial charge in [-0.05, 0) is 59.7 Å². The van der Waals surface area contributed by atoms with E-state index in [1.807, 2.05) is 12.1 Å². The molecule has 0 fully saturated rings. The fraction of sp³-hybridized carbons (Fsp3) is 0. The van der Waals surface area contributed by atoms with Gasteiger partial charge in [0, 0.05) is 31.2 Å². The first-order chi connectivity index (χ1) is 15.4. The van der Waals surface area contributed by atoms with Crippen molar-refractivity contribution in [1.29, 1.82) is 0 Å². The topological polar surface area (TPSA) is 35.5 Å². The summed E-state index contributed by atoms with van der Waals surface area (Å²) in [5.41, 5.74) is 3.38. The van der Waals surface area contributed by atoms with E-state index in [2.05, 4.69) is 0 Å². The Morgan fingerprint density at radius 3 is 1.25 bits per heavy atom. The molecule has 3 nitrogen and oxygen atoms in total. The Kier molecular flexibility index (Phi) is 6.92. The minimum atomic E-state index is -0.848. The van der Waals surface area contributed by atoms with Crippen molar-refractivity contribution in [3.8, 4) is 33.8 Å². The van der Waals surface area contributed by atoms with Crippen molar-refractivity contribution < 1.29 is 14.3 Å². The molecule has 0 aliphatic rings. The van der Waals surface area contributed by atoms with Crippen LogP contribution in [-0.4, -0.2) is 6.16 Å². The van der Waals surface area contributed by atoms with E-state index in [0.717, 1.165) is 22.3 Å². The predicted molar refractivity (Wildman–Crippen MR) is 130 cm³/mol. The molecule has 160 valence electrons. The molecular formula is C25H14Cl4O3. The minimum absolute atomic E-state index is 0.341. The van der Waals surface area contributed by atoms with Gasteiger partial charge in [-0.25, -0.2) is 4.79 Å². The van der Waals surface area contributed by atoms with Crippen molar-refractivity contribution in [3.63, 3.8) is 0 Å². The first-order valence-corrected chi connectivity index (χ1v) is 10.9. The minimum Gasteiger partial charge on any atom is -0.395 e. The smallest absolute Gasteiger partial charge is 0.395 e. The maximum Gasteiger partial charge on any atom is 0.519 e. The molecule has 4 rings (SSSR count). The Morgan fingerprint density at radius 1 is 0.531 bits per heavy atom. The maximum atomic E-state index is 12.2. The summed E-state index contributed by atoms with van der Waals surface area (Å²) in [7, 11) is 0. The summed E-state index contributed by atoms with van der Waals surface area (Å²) in [6.07, 6.45) is -0.848. The zero-order valence-corrected chi connectivity index (χ0v) is 19.3. The molecule has 0 aliphatic carbocycles. The molecular weight excluding hydrogens is 490 g/mol. The van der Waals surface area contributed by atoms with Crippen molar-refractivity contribution in [2.24, 2.45) is 0 Å². The van der Waals surface area contributed by atoms with E-state index in [0.29, 0.717) is 31.6 Å². The number of rotatable bonds is 4. The number of carbonyl (C=O) groups is 1. The quantitative estimate of drug-likeness (QED) is 0.205. The van der Waals surface area contributed by atoms with Crippen molar-refractivity contribution >= 4 is 52.6 Å². The van der Waals surface area contributed by atoms with Gasteiger partial charge in [-0.15, -0.1) is 0 Å². The van der Waals surface area contributed by atoms with Crippen LogP contribution < -0.4 is 9.47 Å². The summed E-state index contributed by atoms with van der Waals surface area (Å²) in [6, 6.07) is 24.3. The molecule has 0 aliphatic heterocycles. The second kappa shape index (κ2) is 9.85. The highest BCUT2D eigenvalue weighted by Crippen LogP contribution is 2.32. The van der Waals surface area contributed by atoms with Crippen LogP contribution in [0.25, 0.3) is 22.3 Å². The van der Waals surface area contributed by atoms with Crippen LogP contribution in [0.2, 0.25) is 20.1 Å². The number of hydrogen-bond acceptors (Lipinski definition) is 3. The Bertz CT molecular complexity index is 1170. The molecule has 0 amide bonds. The molecule has 32 heavy (non-hydrogen) atoms. The average molecular weight is 504 g/mol. The molecule has 0 spiro atoms. The van der Waals surface area contributed by atoms with Gasteiger partial charge in [-0.3, -0.25) is 0 Å². The van der Waals surface area contributed by atoms with Gasteiger partial charge in [-0.2, -0.15) is 0 Å². The van der Waals surface area contributed by atoms with Gasteiger partial charge in [0.25, 0.3) is 0 Å². The van der Waals surface area contributed by atoms with Crippen molar-refractivity contribution in [1.82, 2.24) is 0 Å². The van der Waals surface area contributed by atoms with Gasteiger partial charge in [0.05, 0.1) is 0 Å². The second-order valence-corrected chi connectivity index (χ2v) is 8.44. The zero-order chi connectivity index (χ0) is 22.7. The predicted octanol–water partition coefficient (Wildman–Crippen LogP) is 9.21. The van der Waals surface area contributed by atoms with Crippen LogP contribution in [0.3, 0.4) is 0 Å². The van der Waals surface area contributed by atoms with Crippen molar-refractivity contribution in [2.45, 2.75) is 0 Å². The molecule has 4 aromatic carbocycles. The van der Waals surface area contributed by atoms with Gasteiger partial charge in [0.15, 0.2) is 0 Å². The number of halogens is 4. The summed E-state index contributed by atoms with van der Waals surface area (Å²) >= 11 is 24.4. The molecule has 0 atom stereocenters. The van der Waals surface area contributed by atoms with Crippen LogP contribution in [0, 0.1) is 0 Å². The monoisotopic (exact) mass is 502 g/mol. The van der Waals surface area contributed by atoms with Crippen molar-refractivity contribution in [2.75, 3.05) is 0 Å². The van der Waals surface area contributed by atoms with E-state index in [1.54, 1.807) is 72.8 Å². The molecule has 0 saturated carbocycles. The lowest BCUT2D eigenvalue weighted by Crippen LogP contribution is -2.13. The van der Waals surface area contributed by atoms with Crippen LogP contribution in [0.1, 0.15) is 0 Å². The Hall–Kier alpha value is -2.69. The van der Waals surface area contributed by atoms with Gasteiger partial charge < -0.3 is 9.47 Å². The number of ether oxygens (including phenoxy) is 2. The Balaban J connectivity index is 1.40. The molecule has 0 bridgehead atoms. The van der Waals surface area contributed by atoms with E-state index < -0.39 is 6.16 Å². The lowest BCUT2D eigenvalue weighted by atomic mass is 10.1. The van der Waals surface area contributed by atoms with E-state index in [-0.39, 0.29) is 0 Å². The molecule has 0 radical (unpaired) electrons. The number of hydrogen-bond donors (Lipinski definition) is 0. The van der Waals surface area contributed by atoms with E-state index in [1.165, 1.54) is 0 Å². The van der Waals surface area contributed by atoms with Crippen molar-refractivity contribution in [3.05, 3.63) is 105 Å². The van der Waals surface area contributed by atoms with E-state index in [9.17, 15) is 4.79 Å². The highest BCUT2D eigenvalue weighted by molar-refractivity contribution is 6.37. The maximum absolute atomic E-state index is 12.2. The van der Waals surface area contributed by atoms with Crippen LogP contribution in [0.5, 0.6) is 11.5 Å². The number of carbonyl (C=O) groups excluding carboxylic acids is 1. The molecule has 0 aromatic heterocycles. The molecule has 0 unspecified atom stereocenters. The molecule has 0 N–H and O–H groups in total. The third-order valence-corrected chi connectivity index (χ3v) is 5.69. The average Bonchev–Trinajstić information content (AvgIpc) is 2.75. The molecule has 0 saturated heterocycles. The third kappa shape index (κ3) is 5.37. The summed E-state index contributed by atoms with van der Waals surface area (Å²) in [5.74, 6) is 0.682. The fourth-order valence-corrected chi connectivity index (χ4v) is 4.10. The van der Waals surface area contributed by atoms with E-state index in [4.69, 9.17) is 55.9 Å². The largest absolute Gasteiger partial charge is 0.519 e. The SMILES string of the molecule is O=C(Oc1ccc(-c2ccc(Cl)cc2Cl)cc1)Oc1ccc(-c2ccc(Cl)cc2Cl)cc1. The first kappa shape index (κ1) is 22.5. The second-order valence-electron chi connectivity index (χ2n) is 6.75. The normalized spacial score (nSPS) is 10.6. The van der Waals surface area contributed by atoms with Crippen LogP contribution in [-0.2, 0) is 0 Å². The van der Waals surface area contributed by atoms with Crippen LogP contribution in [0.15, 0.2) is 84.9 Å². The van der Waals surface area contributed by atoms with Gasteiger partial charge in [0.1, 0.15) is 11.5 Å². The Morgan fingerprint density at radius 2 is 0.906 bits per heavy atom. The molecule has 4 aromatic rings. The molecule has 0 heterocycles. The summed E-state index contributed by atoms with van der Waals surface area (Å²) < 4.78 is 10.5. The first-order valence-electron chi connectivity index (χ1n) is 9.40. The summed E-state index contributed by atoms with van der Waals surface area (Å²) in [4.78, 5) is 12.2. The highest BCUT2D eigenvalue weighted by atomic mass is 35.5. The van der Waals surface area contributed by atoms with E-state index >= 15 is 0 Å². The van der Waals surface area contributed by atoms with Gasteiger partial charge in [-0.1, -0.05) is 82.8 Å². The summed E-state index contributed by atoms with van der Waals surface area (Å²) in [6.45, 7) is 0. The third-order valence-electron chi connectivity index (χ3n) is 4.60. The van der Waals surface area contributed by atoms with Gasteiger partial charge in [0.2, 0.25) is 0 Å². The van der Waals surface area contributed by atoms with Gasteiger partial charge >= 0.3 is 6.16 Å². The summed E-state index contributed by atoms with van der Waals surface area (Å²) in [5, 5.41) is 2.19. The highest BCUT2D eigenvalue weighted by Gasteiger charge is 2.11. The molecule has 7 heteroatoms. The fourth-order valence-electron chi connectivity index (χ4n) is 3.07. The number of benzene rings is 4. The standard InChI is InChI=1S/C25H14Cl4O3/c26-17-5-11-21(23(28)13-17)15-1-7-19(8-2-15)31-25(30)32-20-9-3-16(4-10-20)22-12-6-18(27)14-24(22)29/h1-14H. The lowest BCUT2D eigenvalue weighted by Gasteiger charge is -2.09.